The minimum atomic E-state index is -0.372. The highest BCUT2D eigenvalue weighted by molar-refractivity contribution is 5.96. The third-order valence-corrected chi connectivity index (χ3v) is 5.18. The van der Waals surface area contributed by atoms with Gasteiger partial charge in [-0.05, 0) is 61.7 Å². The third-order valence-electron chi connectivity index (χ3n) is 5.18. The van der Waals surface area contributed by atoms with Crippen LogP contribution < -0.4 is 10.1 Å². The van der Waals surface area contributed by atoms with E-state index in [1.54, 1.807) is 12.0 Å². The van der Waals surface area contributed by atoms with Crippen LogP contribution in [0, 0.1) is 18.7 Å². The Bertz CT molecular complexity index is 877. The van der Waals surface area contributed by atoms with Crippen molar-refractivity contribution in [3.05, 3.63) is 59.4 Å². The van der Waals surface area contributed by atoms with Crippen LogP contribution in [0.15, 0.2) is 42.5 Å². The molecule has 2 aromatic carbocycles. The second-order valence-electron chi connectivity index (χ2n) is 7.40. The first-order valence-electron chi connectivity index (χ1n) is 10.1. The summed E-state index contributed by atoms with van der Waals surface area (Å²) in [6, 6.07) is 11.2. The van der Waals surface area contributed by atoms with Gasteiger partial charge in [-0.3, -0.25) is 9.59 Å². The summed E-state index contributed by atoms with van der Waals surface area (Å²) in [5, 5.41) is 2.97. The molecule has 1 fully saturated rings. The fourth-order valence-corrected chi connectivity index (χ4v) is 3.44. The highest BCUT2D eigenvalue weighted by atomic mass is 19.1. The summed E-state index contributed by atoms with van der Waals surface area (Å²) in [5.41, 5.74) is 2.12. The van der Waals surface area contributed by atoms with Crippen LogP contribution in [0.2, 0.25) is 0 Å². The second kappa shape index (κ2) is 10.2. The van der Waals surface area contributed by atoms with Crippen molar-refractivity contribution >= 4 is 17.5 Å². The van der Waals surface area contributed by atoms with Gasteiger partial charge >= 0.3 is 0 Å². The molecule has 0 saturated carbocycles. The summed E-state index contributed by atoms with van der Waals surface area (Å²) in [6.07, 6.45) is 1.15. The molecule has 0 radical (unpaired) electrons. The number of benzene rings is 2. The molecular weight excluding hydrogens is 387 g/mol. The average Bonchev–Trinajstić information content (AvgIpc) is 2.76. The number of hydrogen-bond acceptors (Lipinski definition) is 4. The van der Waals surface area contributed by atoms with E-state index >= 15 is 0 Å². The number of aryl methyl sites for hydroxylation is 1. The molecule has 0 aliphatic carbocycles. The fraction of sp³-hybridized carbons (Fsp3) is 0.391. The first kappa shape index (κ1) is 21.8. The molecule has 1 aliphatic rings. The molecule has 0 spiro atoms. The van der Waals surface area contributed by atoms with Crippen LogP contribution in [0.25, 0.3) is 0 Å². The number of amides is 2. The Hall–Kier alpha value is -2.93. The molecule has 30 heavy (non-hydrogen) atoms. The lowest BCUT2D eigenvalue weighted by molar-refractivity contribution is -0.121. The van der Waals surface area contributed by atoms with Crippen molar-refractivity contribution in [1.29, 1.82) is 0 Å². The van der Waals surface area contributed by atoms with E-state index in [1.165, 1.54) is 24.3 Å². The van der Waals surface area contributed by atoms with E-state index in [0.29, 0.717) is 56.1 Å². The van der Waals surface area contributed by atoms with E-state index in [-0.39, 0.29) is 23.5 Å². The Morgan fingerprint density at radius 3 is 2.47 bits per heavy atom. The number of piperidine rings is 1. The maximum absolute atomic E-state index is 13.1. The van der Waals surface area contributed by atoms with Gasteiger partial charge < -0.3 is 19.7 Å². The van der Waals surface area contributed by atoms with Crippen molar-refractivity contribution in [3.8, 4) is 5.75 Å². The Balaban J connectivity index is 1.56. The summed E-state index contributed by atoms with van der Waals surface area (Å²) in [7, 11) is 1.61. The summed E-state index contributed by atoms with van der Waals surface area (Å²) >= 11 is 0. The number of likely N-dealkylation sites (tertiary alicyclic amines) is 1. The van der Waals surface area contributed by atoms with Crippen molar-refractivity contribution in [1.82, 2.24) is 4.90 Å². The number of hydrogen-bond donors (Lipinski definition) is 1. The van der Waals surface area contributed by atoms with Crippen LogP contribution in [0.4, 0.5) is 10.1 Å². The van der Waals surface area contributed by atoms with E-state index < -0.39 is 0 Å². The van der Waals surface area contributed by atoms with Crippen LogP contribution in [0.1, 0.15) is 28.8 Å². The van der Waals surface area contributed by atoms with Gasteiger partial charge in [-0.15, -0.1) is 0 Å². The minimum absolute atomic E-state index is 0.0793. The van der Waals surface area contributed by atoms with Gasteiger partial charge in [-0.2, -0.15) is 0 Å². The van der Waals surface area contributed by atoms with Gasteiger partial charge in [0.25, 0.3) is 5.91 Å². The van der Waals surface area contributed by atoms with Crippen molar-refractivity contribution in [3.63, 3.8) is 0 Å². The Morgan fingerprint density at radius 2 is 1.80 bits per heavy atom. The number of nitrogens with zero attached hydrogens (tertiary/aromatic N) is 1. The van der Waals surface area contributed by atoms with Crippen molar-refractivity contribution in [2.24, 2.45) is 5.92 Å². The SMILES string of the molecule is COCCOc1cc(C)ccc1NC(=O)C1CCN(C(=O)c2ccc(F)cc2)CC1. The zero-order valence-electron chi connectivity index (χ0n) is 17.3. The monoisotopic (exact) mass is 414 g/mol. The lowest BCUT2D eigenvalue weighted by atomic mass is 9.95. The van der Waals surface area contributed by atoms with Gasteiger partial charge in [-0.25, -0.2) is 4.39 Å². The molecule has 2 amide bonds. The van der Waals surface area contributed by atoms with Crippen molar-refractivity contribution in [2.45, 2.75) is 19.8 Å². The molecule has 1 saturated heterocycles. The van der Waals surface area contributed by atoms with Gasteiger partial charge in [0.2, 0.25) is 5.91 Å². The first-order valence-corrected chi connectivity index (χ1v) is 10.1. The molecular formula is C23H27FN2O4. The van der Waals surface area contributed by atoms with Gasteiger partial charge in [0, 0.05) is 31.7 Å². The molecule has 1 aliphatic heterocycles. The number of anilines is 1. The van der Waals surface area contributed by atoms with E-state index in [1.807, 2.05) is 25.1 Å². The number of methoxy groups -OCH3 is 1. The Labute approximate surface area is 176 Å². The molecule has 6 nitrogen and oxygen atoms in total. The highest BCUT2D eigenvalue weighted by Crippen LogP contribution is 2.28. The number of nitrogens with one attached hydrogen (secondary N) is 1. The predicted molar refractivity (Wildman–Crippen MR) is 112 cm³/mol. The minimum Gasteiger partial charge on any atom is -0.489 e. The summed E-state index contributed by atoms with van der Waals surface area (Å²) < 4.78 is 23.8. The van der Waals surface area contributed by atoms with E-state index in [2.05, 4.69) is 5.32 Å². The molecule has 7 heteroatoms. The van der Waals surface area contributed by atoms with E-state index in [4.69, 9.17) is 9.47 Å². The molecule has 2 aromatic rings. The van der Waals surface area contributed by atoms with Crippen LogP contribution in [0.3, 0.4) is 0 Å². The number of halogens is 1. The zero-order chi connectivity index (χ0) is 21.5. The third kappa shape index (κ3) is 5.57. The van der Waals surface area contributed by atoms with Crippen molar-refractivity contribution in [2.75, 3.05) is 38.7 Å². The summed E-state index contributed by atoms with van der Waals surface area (Å²) in [6.45, 7) is 3.79. The van der Waals surface area contributed by atoms with Crippen LogP contribution in [-0.4, -0.2) is 50.1 Å². The molecule has 1 heterocycles. The van der Waals surface area contributed by atoms with Crippen molar-refractivity contribution < 1.29 is 23.5 Å². The smallest absolute Gasteiger partial charge is 0.253 e. The fourth-order valence-electron chi connectivity index (χ4n) is 3.44. The molecule has 3 rings (SSSR count). The first-order chi connectivity index (χ1) is 14.5. The lowest BCUT2D eigenvalue weighted by Crippen LogP contribution is -2.41. The number of ether oxygens (including phenoxy) is 2. The van der Waals surface area contributed by atoms with Crippen LogP contribution in [-0.2, 0) is 9.53 Å². The molecule has 0 unspecified atom stereocenters. The summed E-state index contributed by atoms with van der Waals surface area (Å²) in [5.74, 6) is -0.158. The summed E-state index contributed by atoms with van der Waals surface area (Å²) in [4.78, 5) is 27.0. The quantitative estimate of drug-likeness (QED) is 0.703. The second-order valence-corrected chi connectivity index (χ2v) is 7.40. The van der Waals surface area contributed by atoms with Gasteiger partial charge in [-0.1, -0.05) is 6.07 Å². The largest absolute Gasteiger partial charge is 0.489 e. The Kier molecular flexibility index (Phi) is 7.41. The maximum atomic E-state index is 13.1. The van der Waals surface area contributed by atoms with E-state index in [0.717, 1.165) is 5.56 Å². The normalized spacial score (nSPS) is 14.4. The molecule has 0 aromatic heterocycles. The van der Waals surface area contributed by atoms with Crippen LogP contribution >= 0.6 is 0 Å². The zero-order valence-corrected chi connectivity index (χ0v) is 17.3. The Morgan fingerprint density at radius 1 is 1.10 bits per heavy atom. The van der Waals surface area contributed by atoms with Gasteiger partial charge in [0.05, 0.1) is 12.3 Å². The van der Waals surface area contributed by atoms with Crippen LogP contribution in [0.5, 0.6) is 5.75 Å². The highest BCUT2D eigenvalue weighted by Gasteiger charge is 2.28. The average molecular weight is 414 g/mol. The van der Waals surface area contributed by atoms with Gasteiger partial charge in [0.1, 0.15) is 18.2 Å². The standard InChI is InChI=1S/C23H27FN2O4/c1-16-3-8-20(21(15-16)30-14-13-29-2)25-22(27)17-9-11-26(12-10-17)23(28)18-4-6-19(24)7-5-18/h3-8,15,17H,9-14H2,1-2H3,(H,25,27). The molecule has 160 valence electrons. The maximum Gasteiger partial charge on any atom is 0.253 e. The number of rotatable bonds is 7. The van der Waals surface area contributed by atoms with Gasteiger partial charge in [0.15, 0.2) is 0 Å². The molecule has 0 atom stereocenters. The molecule has 0 bridgehead atoms. The van der Waals surface area contributed by atoms with E-state index in [9.17, 15) is 14.0 Å². The molecule has 1 N–H and O–H groups in total. The number of carbonyl (C=O) groups is 2. The topological polar surface area (TPSA) is 67.9 Å². The lowest BCUT2D eigenvalue weighted by Gasteiger charge is -2.31. The predicted octanol–water partition coefficient (Wildman–Crippen LogP) is 3.65. The number of carbonyl (C=O) groups excluding carboxylic acids is 2.